The van der Waals surface area contributed by atoms with Crippen LogP contribution in [0.4, 0.5) is 0 Å². The lowest BCUT2D eigenvalue weighted by Crippen LogP contribution is -2.42. The van der Waals surface area contributed by atoms with Crippen LogP contribution in [0, 0.1) is 0 Å². The molecular weight excluding hydrogens is 204 g/mol. The lowest BCUT2D eigenvalue weighted by Gasteiger charge is -2.32. The number of piperidine rings is 1. The zero-order valence-corrected chi connectivity index (χ0v) is 10.2. The molecule has 4 nitrogen and oxygen atoms in total. The minimum absolute atomic E-state index is 0.321. The second kappa shape index (κ2) is 7.28. The maximum atomic E-state index is 10.8. The fourth-order valence-electron chi connectivity index (χ4n) is 1.92. The summed E-state index contributed by atoms with van der Waals surface area (Å²) in [6.45, 7) is 5.48. The minimum Gasteiger partial charge on any atom is -0.466 e. The third-order valence-corrected chi connectivity index (χ3v) is 2.97. The van der Waals surface area contributed by atoms with Gasteiger partial charge < -0.3 is 10.1 Å². The maximum Gasteiger partial charge on any atom is 0.331 e. The van der Waals surface area contributed by atoms with Gasteiger partial charge in [0.15, 0.2) is 0 Å². The largest absolute Gasteiger partial charge is 0.466 e. The number of esters is 1. The monoisotopic (exact) mass is 226 g/mol. The highest BCUT2D eigenvalue weighted by Gasteiger charge is 2.15. The number of methoxy groups -OCH3 is 1. The molecule has 0 saturated carbocycles. The lowest BCUT2D eigenvalue weighted by molar-refractivity contribution is -0.134. The van der Waals surface area contributed by atoms with E-state index in [2.05, 4.69) is 21.9 Å². The van der Waals surface area contributed by atoms with E-state index in [1.165, 1.54) is 45.5 Å². The molecular formula is C12H22N2O2. The lowest BCUT2D eigenvalue weighted by atomic mass is 10.1. The van der Waals surface area contributed by atoms with E-state index >= 15 is 0 Å². The average Bonchev–Trinajstić information content (AvgIpc) is 2.35. The number of hydrogen-bond donors (Lipinski definition) is 1. The molecule has 92 valence electrons. The van der Waals surface area contributed by atoms with Gasteiger partial charge in [0.2, 0.25) is 0 Å². The Morgan fingerprint density at radius 1 is 1.44 bits per heavy atom. The Hall–Kier alpha value is -1.03. The number of hydrogen-bond acceptors (Lipinski definition) is 4. The van der Waals surface area contributed by atoms with Gasteiger partial charge in [-0.1, -0.05) is 6.42 Å². The van der Waals surface area contributed by atoms with Gasteiger partial charge in [-0.25, -0.2) is 4.79 Å². The summed E-state index contributed by atoms with van der Waals surface area (Å²) in [5.74, 6) is -0.321. The molecule has 0 amide bonds. The minimum atomic E-state index is -0.321. The molecule has 0 aliphatic carbocycles. The third kappa shape index (κ3) is 4.66. The molecule has 1 rings (SSSR count). The molecule has 1 atom stereocenters. The van der Waals surface area contributed by atoms with Crippen molar-refractivity contribution in [3.63, 3.8) is 0 Å². The van der Waals surface area contributed by atoms with Crippen molar-refractivity contribution in [2.75, 3.05) is 26.7 Å². The summed E-state index contributed by atoms with van der Waals surface area (Å²) in [4.78, 5) is 13.3. The quantitative estimate of drug-likeness (QED) is 0.564. The molecule has 0 bridgehead atoms. The van der Waals surface area contributed by atoms with Crippen LogP contribution in [0.25, 0.3) is 0 Å². The fourth-order valence-corrected chi connectivity index (χ4v) is 1.92. The number of ether oxygens (including phenoxy) is 1. The molecule has 4 heteroatoms. The van der Waals surface area contributed by atoms with E-state index < -0.39 is 0 Å². The van der Waals surface area contributed by atoms with Crippen molar-refractivity contribution in [1.29, 1.82) is 0 Å². The molecule has 1 N–H and O–H groups in total. The molecule has 1 aliphatic heterocycles. The van der Waals surface area contributed by atoms with Gasteiger partial charge in [-0.2, -0.15) is 0 Å². The van der Waals surface area contributed by atoms with Crippen LogP contribution in [0.2, 0.25) is 0 Å². The van der Waals surface area contributed by atoms with Crippen molar-refractivity contribution >= 4 is 5.97 Å². The predicted molar refractivity (Wildman–Crippen MR) is 64.0 cm³/mol. The summed E-state index contributed by atoms with van der Waals surface area (Å²) in [7, 11) is 1.38. The second-order valence-corrected chi connectivity index (χ2v) is 4.21. The molecule has 1 fully saturated rings. The van der Waals surface area contributed by atoms with Crippen molar-refractivity contribution in [2.45, 2.75) is 32.2 Å². The first-order valence-corrected chi connectivity index (χ1v) is 5.96. The van der Waals surface area contributed by atoms with Crippen molar-refractivity contribution in [3.8, 4) is 0 Å². The first-order valence-electron chi connectivity index (χ1n) is 5.96. The van der Waals surface area contributed by atoms with Crippen molar-refractivity contribution < 1.29 is 9.53 Å². The van der Waals surface area contributed by atoms with Crippen LogP contribution in [0.5, 0.6) is 0 Å². The molecule has 1 unspecified atom stereocenters. The highest BCUT2D eigenvalue weighted by molar-refractivity contribution is 5.81. The predicted octanol–water partition coefficient (Wildman–Crippen LogP) is 1.14. The van der Waals surface area contributed by atoms with Crippen molar-refractivity contribution in [3.05, 3.63) is 12.3 Å². The van der Waals surface area contributed by atoms with Crippen molar-refractivity contribution in [1.82, 2.24) is 10.2 Å². The van der Waals surface area contributed by atoms with E-state index in [-0.39, 0.29) is 5.97 Å². The van der Waals surface area contributed by atoms with E-state index in [4.69, 9.17) is 0 Å². The second-order valence-electron chi connectivity index (χ2n) is 4.21. The number of nitrogens with one attached hydrogen (secondary N) is 1. The molecule has 1 heterocycles. The Bertz CT molecular complexity index is 235. The number of nitrogens with zero attached hydrogens (tertiary/aromatic N) is 1. The van der Waals surface area contributed by atoms with Gasteiger partial charge in [-0.05, 0) is 32.9 Å². The number of carbonyl (C=O) groups is 1. The first kappa shape index (κ1) is 13.0. The van der Waals surface area contributed by atoms with Gasteiger partial charge in [-0.3, -0.25) is 4.90 Å². The molecule has 0 aromatic carbocycles. The molecule has 16 heavy (non-hydrogen) atoms. The maximum absolute atomic E-state index is 10.8. The SMILES string of the molecule is COC(=O)/C=C/NCC(C)N1CCCCC1. The van der Waals surface area contributed by atoms with Gasteiger partial charge in [0.25, 0.3) is 0 Å². The van der Waals surface area contributed by atoms with E-state index in [1.807, 2.05) is 0 Å². The van der Waals surface area contributed by atoms with Gasteiger partial charge >= 0.3 is 5.97 Å². The molecule has 0 aromatic heterocycles. The van der Waals surface area contributed by atoms with Gasteiger partial charge in [0.1, 0.15) is 0 Å². The Morgan fingerprint density at radius 2 is 2.12 bits per heavy atom. The van der Waals surface area contributed by atoms with E-state index in [0.29, 0.717) is 6.04 Å². The molecule has 0 aromatic rings. The van der Waals surface area contributed by atoms with E-state index in [0.717, 1.165) is 6.54 Å². The molecule has 1 saturated heterocycles. The summed E-state index contributed by atoms with van der Waals surface area (Å²) in [5, 5.41) is 3.12. The van der Waals surface area contributed by atoms with Crippen LogP contribution in [0.3, 0.4) is 0 Å². The number of carbonyl (C=O) groups excluding carboxylic acids is 1. The van der Waals surface area contributed by atoms with Crippen molar-refractivity contribution in [2.24, 2.45) is 0 Å². The van der Waals surface area contributed by atoms with Gasteiger partial charge in [-0.15, -0.1) is 0 Å². The third-order valence-electron chi connectivity index (χ3n) is 2.97. The summed E-state index contributed by atoms with van der Waals surface area (Å²) in [6.07, 6.45) is 7.04. The van der Waals surface area contributed by atoms with Crippen LogP contribution in [0.15, 0.2) is 12.3 Å². The standard InChI is InChI=1S/C12H22N2O2/c1-11(14-8-4-3-5-9-14)10-13-7-6-12(15)16-2/h6-7,11,13H,3-5,8-10H2,1-2H3/b7-6+. The van der Waals surface area contributed by atoms with E-state index in [9.17, 15) is 4.79 Å². The molecule has 1 aliphatic rings. The summed E-state index contributed by atoms with van der Waals surface area (Å²) < 4.78 is 4.50. The fraction of sp³-hybridized carbons (Fsp3) is 0.750. The smallest absolute Gasteiger partial charge is 0.331 e. The topological polar surface area (TPSA) is 41.6 Å². The van der Waals surface area contributed by atoms with Gasteiger partial charge in [0, 0.05) is 24.9 Å². The summed E-state index contributed by atoms with van der Waals surface area (Å²) >= 11 is 0. The number of rotatable bonds is 5. The summed E-state index contributed by atoms with van der Waals surface area (Å²) in [5.41, 5.74) is 0. The molecule has 0 radical (unpaired) electrons. The van der Waals surface area contributed by atoms with Crippen LogP contribution in [-0.2, 0) is 9.53 Å². The Balaban J connectivity index is 2.16. The normalized spacial score (nSPS) is 19.6. The average molecular weight is 226 g/mol. The Labute approximate surface area is 97.6 Å². The molecule has 0 spiro atoms. The highest BCUT2D eigenvalue weighted by Crippen LogP contribution is 2.11. The number of likely N-dealkylation sites (tertiary alicyclic amines) is 1. The van der Waals surface area contributed by atoms with Crippen LogP contribution in [0.1, 0.15) is 26.2 Å². The Kier molecular flexibility index (Phi) is 5.93. The zero-order chi connectivity index (χ0) is 11.8. The first-order chi connectivity index (χ1) is 7.74. The highest BCUT2D eigenvalue weighted by atomic mass is 16.5. The van der Waals surface area contributed by atoms with Crippen LogP contribution >= 0.6 is 0 Å². The van der Waals surface area contributed by atoms with Gasteiger partial charge in [0.05, 0.1) is 7.11 Å². The zero-order valence-electron chi connectivity index (χ0n) is 10.2. The van der Waals surface area contributed by atoms with Crippen LogP contribution in [-0.4, -0.2) is 43.7 Å². The van der Waals surface area contributed by atoms with Crippen LogP contribution < -0.4 is 5.32 Å². The van der Waals surface area contributed by atoms with E-state index in [1.54, 1.807) is 6.20 Å². The summed E-state index contributed by atoms with van der Waals surface area (Å²) in [6, 6.07) is 0.516. The Morgan fingerprint density at radius 3 is 2.75 bits per heavy atom.